The van der Waals surface area contributed by atoms with Crippen molar-refractivity contribution in [3.05, 3.63) is 22.9 Å². The summed E-state index contributed by atoms with van der Waals surface area (Å²) in [7, 11) is 0. The third-order valence-corrected chi connectivity index (χ3v) is 3.89. The third-order valence-electron chi connectivity index (χ3n) is 3.89. The van der Waals surface area contributed by atoms with E-state index in [0.717, 1.165) is 24.3 Å². The molecule has 0 spiro atoms. The summed E-state index contributed by atoms with van der Waals surface area (Å²) < 4.78 is 5.95. The molecule has 0 radical (unpaired) electrons. The topological polar surface area (TPSA) is 48.1 Å². The van der Waals surface area contributed by atoms with Crippen LogP contribution >= 0.6 is 0 Å². The van der Waals surface area contributed by atoms with Crippen LogP contribution in [0.25, 0.3) is 0 Å². The number of aryl methyl sites for hydroxylation is 2. The van der Waals surface area contributed by atoms with Crippen molar-refractivity contribution in [3.63, 3.8) is 0 Å². The van der Waals surface area contributed by atoms with E-state index in [1.54, 1.807) is 0 Å². The normalized spacial score (nSPS) is 19.6. The predicted molar refractivity (Wildman–Crippen MR) is 67.0 cm³/mol. The van der Waals surface area contributed by atoms with Crippen molar-refractivity contribution in [1.82, 2.24) is 4.98 Å². The first-order valence-electron chi connectivity index (χ1n) is 6.75. The maximum Gasteiger partial charge on any atom is 0.218 e. The fourth-order valence-electron chi connectivity index (χ4n) is 2.56. The standard InChI is InChI=1S/C14H20N2O/c15-9-11-8-10-4-1-2-7-13(10)16-14(11)17-12-5-3-6-12/h8,12H,1-7,9,15H2. The molecular formula is C14H20N2O. The Morgan fingerprint density at radius 1 is 1.24 bits per heavy atom. The highest BCUT2D eigenvalue weighted by atomic mass is 16.5. The van der Waals surface area contributed by atoms with Gasteiger partial charge < -0.3 is 10.5 Å². The van der Waals surface area contributed by atoms with E-state index in [2.05, 4.69) is 6.07 Å². The number of ether oxygens (including phenoxy) is 1. The number of fused-ring (bicyclic) bond motifs is 1. The fourth-order valence-corrected chi connectivity index (χ4v) is 2.56. The lowest BCUT2D eigenvalue weighted by Crippen LogP contribution is -2.26. The Kier molecular flexibility index (Phi) is 3.02. The zero-order chi connectivity index (χ0) is 11.7. The molecule has 92 valence electrons. The molecule has 3 rings (SSSR count). The summed E-state index contributed by atoms with van der Waals surface area (Å²) in [6.07, 6.45) is 8.79. The van der Waals surface area contributed by atoms with Gasteiger partial charge in [-0.1, -0.05) is 0 Å². The van der Waals surface area contributed by atoms with Gasteiger partial charge >= 0.3 is 0 Å². The van der Waals surface area contributed by atoms with Crippen molar-refractivity contribution >= 4 is 0 Å². The molecule has 1 aromatic rings. The van der Waals surface area contributed by atoms with Gasteiger partial charge in [0.1, 0.15) is 6.10 Å². The molecule has 3 heteroatoms. The van der Waals surface area contributed by atoms with E-state index in [-0.39, 0.29) is 0 Å². The van der Waals surface area contributed by atoms with Crippen molar-refractivity contribution in [2.45, 2.75) is 57.6 Å². The molecule has 0 aromatic carbocycles. The highest BCUT2D eigenvalue weighted by Crippen LogP contribution is 2.29. The van der Waals surface area contributed by atoms with Gasteiger partial charge in [0, 0.05) is 17.8 Å². The van der Waals surface area contributed by atoms with E-state index >= 15 is 0 Å². The number of nitrogens with two attached hydrogens (primary N) is 1. The van der Waals surface area contributed by atoms with Gasteiger partial charge in [-0.3, -0.25) is 0 Å². The molecule has 1 heterocycles. The monoisotopic (exact) mass is 232 g/mol. The van der Waals surface area contributed by atoms with Crippen LogP contribution in [0.1, 0.15) is 48.9 Å². The minimum atomic E-state index is 0.384. The van der Waals surface area contributed by atoms with Gasteiger partial charge in [-0.15, -0.1) is 0 Å². The lowest BCUT2D eigenvalue weighted by molar-refractivity contribution is 0.113. The summed E-state index contributed by atoms with van der Waals surface area (Å²) in [5, 5.41) is 0. The molecule has 3 nitrogen and oxygen atoms in total. The van der Waals surface area contributed by atoms with Crippen LogP contribution in [0.4, 0.5) is 0 Å². The average Bonchev–Trinajstić information content (AvgIpc) is 2.32. The number of pyridine rings is 1. The van der Waals surface area contributed by atoms with Crippen molar-refractivity contribution in [1.29, 1.82) is 0 Å². The van der Waals surface area contributed by atoms with Crippen LogP contribution in [0.5, 0.6) is 5.88 Å². The largest absolute Gasteiger partial charge is 0.474 e. The van der Waals surface area contributed by atoms with Crippen LogP contribution in [0.15, 0.2) is 6.07 Å². The predicted octanol–water partition coefficient (Wildman–Crippen LogP) is 2.35. The highest BCUT2D eigenvalue weighted by Gasteiger charge is 2.22. The zero-order valence-corrected chi connectivity index (χ0v) is 10.2. The quantitative estimate of drug-likeness (QED) is 0.870. The minimum absolute atomic E-state index is 0.384. The third kappa shape index (κ3) is 2.16. The van der Waals surface area contributed by atoms with Gasteiger partial charge in [-0.2, -0.15) is 0 Å². The maximum absolute atomic E-state index is 5.95. The number of hydrogen-bond donors (Lipinski definition) is 1. The van der Waals surface area contributed by atoms with E-state index in [0.29, 0.717) is 12.6 Å². The Bertz CT molecular complexity index is 413. The van der Waals surface area contributed by atoms with Gasteiger partial charge in [0.25, 0.3) is 0 Å². The first-order valence-corrected chi connectivity index (χ1v) is 6.75. The summed E-state index contributed by atoms with van der Waals surface area (Å²) in [5.41, 5.74) is 9.51. The molecule has 2 aliphatic rings. The minimum Gasteiger partial charge on any atom is -0.474 e. The smallest absolute Gasteiger partial charge is 0.218 e. The summed E-state index contributed by atoms with van der Waals surface area (Å²) in [5.74, 6) is 0.804. The highest BCUT2D eigenvalue weighted by molar-refractivity contribution is 5.36. The molecule has 0 atom stereocenters. The van der Waals surface area contributed by atoms with Gasteiger partial charge in [-0.05, 0) is 56.6 Å². The van der Waals surface area contributed by atoms with Crippen molar-refractivity contribution < 1.29 is 4.74 Å². The molecule has 1 aromatic heterocycles. The Hall–Kier alpha value is -1.09. The van der Waals surface area contributed by atoms with E-state index in [1.165, 1.54) is 43.4 Å². The number of aromatic nitrogens is 1. The molecule has 0 unspecified atom stereocenters. The Morgan fingerprint density at radius 2 is 2.06 bits per heavy atom. The van der Waals surface area contributed by atoms with Crippen LogP contribution in [-0.4, -0.2) is 11.1 Å². The molecule has 17 heavy (non-hydrogen) atoms. The van der Waals surface area contributed by atoms with Crippen LogP contribution in [0, 0.1) is 0 Å². The van der Waals surface area contributed by atoms with E-state index in [1.807, 2.05) is 0 Å². The van der Waals surface area contributed by atoms with Gasteiger partial charge in [-0.25, -0.2) is 4.98 Å². The van der Waals surface area contributed by atoms with E-state index in [4.69, 9.17) is 15.5 Å². The first kappa shape index (κ1) is 11.0. The van der Waals surface area contributed by atoms with Crippen LogP contribution < -0.4 is 10.5 Å². The van der Waals surface area contributed by atoms with E-state index in [9.17, 15) is 0 Å². The summed E-state index contributed by atoms with van der Waals surface area (Å²) in [6, 6.07) is 2.22. The van der Waals surface area contributed by atoms with Gasteiger partial charge in [0.05, 0.1) is 0 Å². The fraction of sp³-hybridized carbons (Fsp3) is 0.643. The van der Waals surface area contributed by atoms with Crippen molar-refractivity contribution in [3.8, 4) is 5.88 Å². The SMILES string of the molecule is NCc1cc2c(nc1OC1CCC1)CCCC2. The van der Waals surface area contributed by atoms with E-state index < -0.39 is 0 Å². The lowest BCUT2D eigenvalue weighted by Gasteiger charge is -2.27. The summed E-state index contributed by atoms with van der Waals surface area (Å²) in [6.45, 7) is 0.530. The second kappa shape index (κ2) is 4.65. The lowest BCUT2D eigenvalue weighted by atomic mass is 9.94. The number of nitrogens with zero attached hydrogens (tertiary/aromatic N) is 1. The Labute approximate surface area is 102 Å². The Morgan fingerprint density at radius 3 is 2.76 bits per heavy atom. The maximum atomic E-state index is 5.95. The van der Waals surface area contributed by atoms with Crippen molar-refractivity contribution in [2.24, 2.45) is 5.73 Å². The van der Waals surface area contributed by atoms with Crippen molar-refractivity contribution in [2.75, 3.05) is 0 Å². The number of hydrogen-bond acceptors (Lipinski definition) is 3. The second-order valence-electron chi connectivity index (χ2n) is 5.14. The molecule has 0 saturated heterocycles. The Balaban J connectivity index is 1.88. The van der Waals surface area contributed by atoms with Crippen LogP contribution in [0.2, 0.25) is 0 Å². The molecule has 0 amide bonds. The first-order chi connectivity index (χ1) is 8.36. The second-order valence-corrected chi connectivity index (χ2v) is 5.14. The molecule has 1 fully saturated rings. The molecule has 1 saturated carbocycles. The molecule has 2 aliphatic carbocycles. The molecule has 0 bridgehead atoms. The molecule has 2 N–H and O–H groups in total. The zero-order valence-electron chi connectivity index (χ0n) is 10.2. The summed E-state index contributed by atoms with van der Waals surface area (Å²) >= 11 is 0. The van der Waals surface area contributed by atoms with Gasteiger partial charge in [0.2, 0.25) is 5.88 Å². The summed E-state index contributed by atoms with van der Waals surface area (Å²) in [4.78, 5) is 4.70. The average molecular weight is 232 g/mol. The van der Waals surface area contributed by atoms with Crippen LogP contribution in [0.3, 0.4) is 0 Å². The van der Waals surface area contributed by atoms with Crippen LogP contribution in [-0.2, 0) is 19.4 Å². The van der Waals surface area contributed by atoms with Gasteiger partial charge in [0.15, 0.2) is 0 Å². The number of rotatable bonds is 3. The molecule has 0 aliphatic heterocycles. The molecular weight excluding hydrogens is 212 g/mol.